The quantitative estimate of drug-likeness (QED) is 0.213. The first-order chi connectivity index (χ1) is 16.1. The number of nitro benzene ring substituents is 1. The van der Waals surface area contributed by atoms with Gasteiger partial charge in [0.25, 0.3) is 11.6 Å². The summed E-state index contributed by atoms with van der Waals surface area (Å²) in [6.45, 7) is 9.41. The molecule has 0 aliphatic heterocycles. The Labute approximate surface area is 198 Å². The predicted molar refractivity (Wildman–Crippen MR) is 131 cm³/mol. The maximum absolute atomic E-state index is 12.8. The Balaban J connectivity index is 1.91. The number of hydrogen-bond acceptors (Lipinski definition) is 5. The van der Waals surface area contributed by atoms with Gasteiger partial charge in [0.05, 0.1) is 11.0 Å². The second-order valence-electron chi connectivity index (χ2n) is 8.21. The molecule has 0 saturated heterocycles. The molecule has 0 spiro atoms. The number of aromatic nitrogens is 1. The molecule has 1 heterocycles. The molecule has 174 valence electrons. The summed E-state index contributed by atoms with van der Waals surface area (Å²) in [7, 11) is 0. The van der Waals surface area contributed by atoms with E-state index in [1.54, 1.807) is 36.4 Å². The van der Waals surface area contributed by atoms with Crippen LogP contribution in [-0.4, -0.2) is 21.5 Å². The maximum atomic E-state index is 12.8. The Kier molecular flexibility index (Phi) is 7.17. The van der Waals surface area contributed by atoms with Gasteiger partial charge in [-0.25, -0.2) is 0 Å². The molecule has 1 N–H and O–H groups in total. The van der Waals surface area contributed by atoms with Crippen molar-refractivity contribution >= 4 is 23.4 Å². The first-order valence-electron chi connectivity index (χ1n) is 10.7. The lowest BCUT2D eigenvalue weighted by Crippen LogP contribution is -2.14. The number of nitriles is 1. The number of carbonyl (C=O) groups excluding carboxylic acids is 1. The number of rotatable bonds is 7. The summed E-state index contributed by atoms with van der Waals surface area (Å²) in [6, 6.07) is 15.5. The lowest BCUT2D eigenvalue weighted by Gasteiger charge is -2.13. The van der Waals surface area contributed by atoms with Gasteiger partial charge in [0.1, 0.15) is 17.4 Å². The maximum Gasteiger partial charge on any atom is 0.269 e. The highest BCUT2D eigenvalue weighted by atomic mass is 16.6. The van der Waals surface area contributed by atoms with Crippen molar-refractivity contribution in [3.8, 4) is 17.5 Å². The minimum Gasteiger partial charge on any atom is -0.491 e. The molecular formula is C26H26N4O4. The van der Waals surface area contributed by atoms with Crippen LogP contribution in [0.2, 0.25) is 0 Å². The zero-order valence-corrected chi connectivity index (χ0v) is 19.7. The van der Waals surface area contributed by atoms with Crippen LogP contribution >= 0.6 is 0 Å². The number of nitrogens with zero attached hydrogens (tertiary/aromatic N) is 3. The van der Waals surface area contributed by atoms with Crippen molar-refractivity contribution in [2.24, 2.45) is 0 Å². The minimum absolute atomic E-state index is 0.00448. The number of nitro groups is 1. The normalized spacial score (nSPS) is 11.3. The van der Waals surface area contributed by atoms with E-state index in [1.807, 2.05) is 51.3 Å². The van der Waals surface area contributed by atoms with Crippen molar-refractivity contribution in [3.05, 3.63) is 86.7 Å². The Morgan fingerprint density at radius 2 is 1.91 bits per heavy atom. The molecule has 0 fully saturated rings. The molecule has 2 aromatic carbocycles. The van der Waals surface area contributed by atoms with E-state index in [0.717, 1.165) is 22.6 Å². The molecule has 3 aromatic rings. The molecule has 0 bridgehead atoms. The van der Waals surface area contributed by atoms with E-state index in [-0.39, 0.29) is 17.4 Å². The van der Waals surface area contributed by atoms with Crippen LogP contribution in [0.5, 0.6) is 5.75 Å². The number of ether oxygens (including phenoxy) is 1. The van der Waals surface area contributed by atoms with Crippen LogP contribution in [0, 0.1) is 42.2 Å². The molecule has 1 amide bonds. The van der Waals surface area contributed by atoms with Crippen molar-refractivity contribution in [1.82, 2.24) is 4.57 Å². The Hall–Kier alpha value is -4.38. The predicted octanol–water partition coefficient (Wildman–Crippen LogP) is 5.64. The minimum atomic E-state index is -0.527. The molecule has 0 atom stereocenters. The average molecular weight is 459 g/mol. The number of carbonyl (C=O) groups is 1. The van der Waals surface area contributed by atoms with Gasteiger partial charge in [0.15, 0.2) is 0 Å². The van der Waals surface area contributed by atoms with Gasteiger partial charge in [-0.1, -0.05) is 6.07 Å². The molecule has 0 radical (unpaired) electrons. The van der Waals surface area contributed by atoms with E-state index in [2.05, 4.69) is 5.32 Å². The third-order valence-corrected chi connectivity index (χ3v) is 5.23. The Bertz CT molecular complexity index is 1330. The van der Waals surface area contributed by atoms with Gasteiger partial charge in [0.2, 0.25) is 0 Å². The van der Waals surface area contributed by atoms with Gasteiger partial charge in [-0.2, -0.15) is 5.26 Å². The molecule has 34 heavy (non-hydrogen) atoms. The highest BCUT2D eigenvalue weighted by molar-refractivity contribution is 6.09. The van der Waals surface area contributed by atoms with E-state index in [4.69, 9.17) is 4.74 Å². The van der Waals surface area contributed by atoms with Gasteiger partial charge >= 0.3 is 0 Å². The van der Waals surface area contributed by atoms with Crippen molar-refractivity contribution in [2.45, 2.75) is 40.7 Å². The number of aryl methyl sites for hydroxylation is 2. The summed E-state index contributed by atoms with van der Waals surface area (Å²) in [4.78, 5) is 23.4. The molecule has 0 aliphatic carbocycles. The summed E-state index contributed by atoms with van der Waals surface area (Å²) in [5.41, 5.74) is 4.43. The largest absolute Gasteiger partial charge is 0.491 e. The third-order valence-electron chi connectivity index (χ3n) is 5.23. The molecule has 8 nitrogen and oxygen atoms in total. The fraction of sp³-hybridized carbons (Fsp3) is 0.231. The fourth-order valence-electron chi connectivity index (χ4n) is 3.73. The van der Waals surface area contributed by atoms with Crippen LogP contribution in [-0.2, 0) is 4.79 Å². The first kappa shape index (κ1) is 24.3. The molecule has 0 saturated carbocycles. The van der Waals surface area contributed by atoms with Crippen LogP contribution in [0.4, 0.5) is 11.4 Å². The fourth-order valence-corrected chi connectivity index (χ4v) is 3.73. The van der Waals surface area contributed by atoms with Gasteiger partial charge < -0.3 is 14.6 Å². The van der Waals surface area contributed by atoms with E-state index in [0.29, 0.717) is 17.0 Å². The van der Waals surface area contributed by atoms with E-state index in [9.17, 15) is 20.2 Å². The van der Waals surface area contributed by atoms with Gasteiger partial charge in [-0.3, -0.25) is 14.9 Å². The molecule has 0 aliphatic rings. The monoisotopic (exact) mass is 458 g/mol. The Morgan fingerprint density at radius 3 is 2.53 bits per heavy atom. The number of amides is 1. The number of anilines is 1. The molecule has 3 rings (SSSR count). The van der Waals surface area contributed by atoms with Crippen LogP contribution in [0.25, 0.3) is 11.8 Å². The summed E-state index contributed by atoms with van der Waals surface area (Å²) < 4.78 is 7.60. The smallest absolute Gasteiger partial charge is 0.269 e. The van der Waals surface area contributed by atoms with Crippen LogP contribution in [0.1, 0.15) is 36.4 Å². The van der Waals surface area contributed by atoms with E-state index in [1.165, 1.54) is 12.1 Å². The number of nitrogens with one attached hydrogen (secondary N) is 1. The van der Waals surface area contributed by atoms with Gasteiger partial charge in [-0.15, -0.1) is 0 Å². The summed E-state index contributed by atoms with van der Waals surface area (Å²) in [5, 5.41) is 23.5. The van der Waals surface area contributed by atoms with Crippen molar-refractivity contribution in [1.29, 1.82) is 5.26 Å². The van der Waals surface area contributed by atoms with Gasteiger partial charge in [-0.05, 0) is 76.1 Å². The third kappa shape index (κ3) is 5.33. The van der Waals surface area contributed by atoms with Crippen molar-refractivity contribution in [2.75, 3.05) is 5.32 Å². The number of non-ortho nitro benzene ring substituents is 1. The topological polar surface area (TPSA) is 110 Å². The highest BCUT2D eigenvalue weighted by Crippen LogP contribution is 2.27. The molecule has 8 heteroatoms. The first-order valence-corrected chi connectivity index (χ1v) is 10.7. The van der Waals surface area contributed by atoms with Crippen LogP contribution in [0.3, 0.4) is 0 Å². The molecule has 1 aromatic heterocycles. The average Bonchev–Trinajstić information content (AvgIpc) is 3.04. The summed E-state index contributed by atoms with van der Waals surface area (Å²) in [6.07, 6.45) is 1.54. The van der Waals surface area contributed by atoms with Crippen molar-refractivity contribution < 1.29 is 14.5 Å². The molecular weight excluding hydrogens is 432 g/mol. The zero-order valence-electron chi connectivity index (χ0n) is 19.7. The Morgan fingerprint density at radius 1 is 1.18 bits per heavy atom. The second kappa shape index (κ2) is 10.0. The van der Waals surface area contributed by atoms with E-state index >= 15 is 0 Å². The van der Waals surface area contributed by atoms with E-state index < -0.39 is 10.8 Å². The SMILES string of the molecule is Cc1cc([N+](=O)[O-])ccc1-n1c(C)cc(/C=C(/C#N)C(=O)Nc2cccc(OC(C)C)c2)c1C. The van der Waals surface area contributed by atoms with Gasteiger partial charge in [0, 0.05) is 41.0 Å². The highest BCUT2D eigenvalue weighted by Gasteiger charge is 2.16. The molecule has 0 unspecified atom stereocenters. The second-order valence-corrected chi connectivity index (χ2v) is 8.21. The zero-order chi connectivity index (χ0) is 25.0. The lowest BCUT2D eigenvalue weighted by molar-refractivity contribution is -0.384. The van der Waals surface area contributed by atoms with Crippen molar-refractivity contribution in [3.63, 3.8) is 0 Å². The summed E-state index contributed by atoms with van der Waals surface area (Å²) >= 11 is 0. The van der Waals surface area contributed by atoms with Crippen LogP contribution in [0.15, 0.2) is 54.1 Å². The standard InChI is InChI=1S/C26H26N4O4/c1-16(2)34-24-8-6-7-22(14-24)28-26(31)21(15-27)13-20-12-18(4)29(19(20)5)25-10-9-23(30(32)33)11-17(25)3/h6-14,16H,1-5H3,(H,28,31)/b21-13-. The number of hydrogen-bond donors (Lipinski definition) is 1. The van der Waals surface area contributed by atoms with Crippen LogP contribution < -0.4 is 10.1 Å². The lowest BCUT2D eigenvalue weighted by atomic mass is 10.1. The number of benzene rings is 2. The summed E-state index contributed by atoms with van der Waals surface area (Å²) in [5.74, 6) is 0.0952.